The fourth-order valence-electron chi connectivity index (χ4n) is 3.30. The molecule has 26 heavy (non-hydrogen) atoms. The van der Waals surface area contributed by atoms with Crippen LogP contribution in [0.4, 0.5) is 0 Å². The standard InChI is InChI=1S/C18H25N3O4S/c1-10-7-16(24-4)17(26-10)18(23)19-14-5-6-21(9-15(14)22)8-13-11(2)20-25-12(13)3/h7,14-15,22H,5-6,8-9H2,1-4H3,(H,19,23)/t14-,15-/m1/s1. The van der Waals surface area contributed by atoms with Crippen molar-refractivity contribution in [3.63, 3.8) is 0 Å². The zero-order valence-corrected chi connectivity index (χ0v) is 16.4. The number of rotatable bonds is 5. The smallest absolute Gasteiger partial charge is 0.265 e. The molecule has 0 spiro atoms. The summed E-state index contributed by atoms with van der Waals surface area (Å²) in [5.41, 5.74) is 1.95. The van der Waals surface area contributed by atoms with E-state index in [0.717, 1.165) is 28.4 Å². The number of piperidine rings is 1. The van der Waals surface area contributed by atoms with Gasteiger partial charge in [-0.25, -0.2) is 0 Å². The van der Waals surface area contributed by atoms with Crippen molar-refractivity contribution in [3.05, 3.63) is 32.8 Å². The molecule has 1 amide bonds. The quantitative estimate of drug-likeness (QED) is 0.827. The van der Waals surface area contributed by atoms with Crippen LogP contribution in [0.5, 0.6) is 5.75 Å². The van der Waals surface area contributed by atoms with E-state index < -0.39 is 6.10 Å². The number of carbonyl (C=O) groups is 1. The van der Waals surface area contributed by atoms with Gasteiger partial charge in [0.15, 0.2) is 0 Å². The van der Waals surface area contributed by atoms with E-state index in [1.165, 1.54) is 11.3 Å². The molecule has 1 saturated heterocycles. The number of aromatic nitrogens is 1. The summed E-state index contributed by atoms with van der Waals surface area (Å²) in [6, 6.07) is 1.58. The van der Waals surface area contributed by atoms with Crippen molar-refractivity contribution in [2.24, 2.45) is 0 Å². The maximum absolute atomic E-state index is 12.6. The van der Waals surface area contributed by atoms with Crippen molar-refractivity contribution in [2.45, 2.75) is 45.9 Å². The highest BCUT2D eigenvalue weighted by atomic mass is 32.1. The third-order valence-corrected chi connectivity index (χ3v) is 5.82. The lowest BCUT2D eigenvalue weighted by Gasteiger charge is -2.36. The summed E-state index contributed by atoms with van der Waals surface area (Å²) >= 11 is 1.40. The van der Waals surface area contributed by atoms with Crippen molar-refractivity contribution in [1.29, 1.82) is 0 Å². The average molecular weight is 379 g/mol. The molecule has 0 aliphatic carbocycles. The lowest BCUT2D eigenvalue weighted by molar-refractivity contribution is 0.0348. The van der Waals surface area contributed by atoms with E-state index >= 15 is 0 Å². The second kappa shape index (κ2) is 7.77. The molecule has 0 aromatic carbocycles. The van der Waals surface area contributed by atoms with Crippen LogP contribution in [0.25, 0.3) is 0 Å². The van der Waals surface area contributed by atoms with Gasteiger partial charge in [0.1, 0.15) is 16.4 Å². The summed E-state index contributed by atoms with van der Waals surface area (Å²) in [6.45, 7) is 7.73. The number of amides is 1. The van der Waals surface area contributed by atoms with E-state index in [1.54, 1.807) is 7.11 Å². The van der Waals surface area contributed by atoms with Gasteiger partial charge in [0, 0.05) is 30.1 Å². The molecule has 1 aliphatic heterocycles. The van der Waals surface area contributed by atoms with Crippen LogP contribution in [-0.2, 0) is 6.54 Å². The summed E-state index contributed by atoms with van der Waals surface area (Å²) in [6.07, 6.45) is 0.0587. The number of nitrogens with one attached hydrogen (secondary N) is 1. The van der Waals surface area contributed by atoms with Crippen molar-refractivity contribution >= 4 is 17.2 Å². The summed E-state index contributed by atoms with van der Waals surface area (Å²) in [5, 5.41) is 17.4. The van der Waals surface area contributed by atoms with E-state index in [9.17, 15) is 9.90 Å². The first kappa shape index (κ1) is 18.9. The fourth-order valence-corrected chi connectivity index (χ4v) is 4.18. The van der Waals surface area contributed by atoms with E-state index in [2.05, 4.69) is 15.4 Å². The number of hydrogen-bond donors (Lipinski definition) is 2. The van der Waals surface area contributed by atoms with Gasteiger partial charge in [-0.3, -0.25) is 9.69 Å². The first-order chi connectivity index (χ1) is 12.4. The van der Waals surface area contributed by atoms with Gasteiger partial charge in [-0.15, -0.1) is 11.3 Å². The van der Waals surface area contributed by atoms with E-state index in [1.807, 2.05) is 26.8 Å². The maximum Gasteiger partial charge on any atom is 0.265 e. The molecule has 2 atom stereocenters. The van der Waals surface area contributed by atoms with Crippen LogP contribution in [0.1, 0.15) is 38.0 Å². The average Bonchev–Trinajstić information content (AvgIpc) is 3.14. The molecule has 0 saturated carbocycles. The molecular weight excluding hydrogens is 354 g/mol. The Kier molecular flexibility index (Phi) is 5.64. The molecule has 2 aromatic heterocycles. The molecule has 3 heterocycles. The highest BCUT2D eigenvalue weighted by Crippen LogP contribution is 2.29. The second-order valence-corrected chi connectivity index (χ2v) is 7.98. The number of methoxy groups -OCH3 is 1. The first-order valence-electron chi connectivity index (χ1n) is 8.66. The van der Waals surface area contributed by atoms with Crippen molar-refractivity contribution in [2.75, 3.05) is 20.2 Å². The third kappa shape index (κ3) is 3.92. The molecule has 142 valence electrons. The van der Waals surface area contributed by atoms with Gasteiger partial charge >= 0.3 is 0 Å². The molecule has 0 radical (unpaired) electrons. The molecule has 8 heteroatoms. The molecule has 7 nitrogen and oxygen atoms in total. The number of aliphatic hydroxyl groups excluding tert-OH is 1. The lowest BCUT2D eigenvalue weighted by atomic mass is 10.0. The summed E-state index contributed by atoms with van der Waals surface area (Å²) in [7, 11) is 1.56. The van der Waals surface area contributed by atoms with Crippen LogP contribution in [0, 0.1) is 20.8 Å². The highest BCUT2D eigenvalue weighted by Gasteiger charge is 2.31. The van der Waals surface area contributed by atoms with E-state index in [-0.39, 0.29) is 11.9 Å². The molecular formula is C18H25N3O4S. The van der Waals surface area contributed by atoms with Crippen LogP contribution in [0.15, 0.2) is 10.6 Å². The normalized spacial score (nSPS) is 21.0. The van der Waals surface area contributed by atoms with Gasteiger partial charge in [-0.2, -0.15) is 0 Å². The van der Waals surface area contributed by atoms with Crippen molar-refractivity contribution < 1.29 is 19.2 Å². The van der Waals surface area contributed by atoms with Gasteiger partial charge < -0.3 is 19.7 Å². The maximum atomic E-state index is 12.6. The third-order valence-electron chi connectivity index (χ3n) is 4.79. The van der Waals surface area contributed by atoms with Crippen molar-refractivity contribution in [1.82, 2.24) is 15.4 Å². The lowest BCUT2D eigenvalue weighted by Crippen LogP contribution is -2.53. The van der Waals surface area contributed by atoms with Crippen LogP contribution in [0.3, 0.4) is 0 Å². The largest absolute Gasteiger partial charge is 0.495 e. The predicted molar refractivity (Wildman–Crippen MR) is 98.7 cm³/mol. The zero-order valence-electron chi connectivity index (χ0n) is 15.5. The van der Waals surface area contributed by atoms with Crippen molar-refractivity contribution in [3.8, 4) is 5.75 Å². The Hall–Kier alpha value is -1.90. The number of aryl methyl sites for hydroxylation is 3. The Morgan fingerprint density at radius 2 is 2.27 bits per heavy atom. The number of nitrogens with zero attached hydrogens (tertiary/aromatic N) is 2. The highest BCUT2D eigenvalue weighted by molar-refractivity contribution is 7.14. The summed E-state index contributed by atoms with van der Waals surface area (Å²) in [4.78, 5) is 16.3. The van der Waals surface area contributed by atoms with E-state index in [4.69, 9.17) is 9.26 Å². The Labute approximate surface area is 156 Å². The first-order valence-corrected chi connectivity index (χ1v) is 9.48. The second-order valence-electron chi connectivity index (χ2n) is 6.73. The fraction of sp³-hybridized carbons (Fsp3) is 0.556. The Morgan fingerprint density at radius 3 is 2.88 bits per heavy atom. The minimum absolute atomic E-state index is 0.192. The molecule has 3 rings (SSSR count). The Bertz CT molecular complexity index is 766. The Morgan fingerprint density at radius 1 is 1.50 bits per heavy atom. The number of thiophene rings is 1. The van der Waals surface area contributed by atoms with E-state index in [0.29, 0.717) is 30.1 Å². The Balaban J connectivity index is 1.59. The minimum Gasteiger partial charge on any atom is -0.495 e. The summed E-state index contributed by atoms with van der Waals surface area (Å²) in [5.74, 6) is 1.20. The number of aliphatic hydroxyl groups is 1. The molecule has 1 fully saturated rings. The number of carbonyl (C=O) groups excluding carboxylic acids is 1. The number of β-amino-alcohol motifs (C(OH)–C–C–N with tert-alkyl or cyclic N) is 1. The SMILES string of the molecule is COc1cc(C)sc1C(=O)N[C@@H]1CCN(Cc2c(C)noc2C)C[C@H]1O. The molecule has 2 N–H and O–H groups in total. The van der Waals surface area contributed by atoms with Gasteiger partial charge in [-0.1, -0.05) is 5.16 Å². The number of hydrogen-bond acceptors (Lipinski definition) is 7. The minimum atomic E-state index is -0.625. The van der Waals surface area contributed by atoms with Gasteiger partial charge in [0.05, 0.1) is 24.9 Å². The van der Waals surface area contributed by atoms with Gasteiger partial charge in [0.2, 0.25) is 0 Å². The monoisotopic (exact) mass is 379 g/mol. The predicted octanol–water partition coefficient (Wildman–Crippen LogP) is 2.04. The van der Waals surface area contributed by atoms with Crippen LogP contribution < -0.4 is 10.1 Å². The number of likely N-dealkylation sites (tertiary alicyclic amines) is 1. The zero-order chi connectivity index (χ0) is 18.8. The van der Waals surface area contributed by atoms with Crippen LogP contribution >= 0.6 is 11.3 Å². The van der Waals surface area contributed by atoms with Gasteiger partial charge in [0.25, 0.3) is 5.91 Å². The topological polar surface area (TPSA) is 87.8 Å². The molecule has 1 aliphatic rings. The van der Waals surface area contributed by atoms with Gasteiger partial charge in [-0.05, 0) is 33.3 Å². The summed E-state index contributed by atoms with van der Waals surface area (Å²) < 4.78 is 10.5. The molecule has 0 bridgehead atoms. The van der Waals surface area contributed by atoms with Crippen LogP contribution in [0.2, 0.25) is 0 Å². The molecule has 2 aromatic rings. The molecule has 0 unspecified atom stereocenters. The number of ether oxygens (including phenoxy) is 1. The van der Waals surface area contributed by atoms with Crippen LogP contribution in [-0.4, -0.2) is 53.4 Å².